The van der Waals surface area contributed by atoms with Gasteiger partial charge in [-0.2, -0.15) is 0 Å². The summed E-state index contributed by atoms with van der Waals surface area (Å²) in [6, 6.07) is 7.75. The molecule has 4 nitrogen and oxygen atoms in total. The van der Waals surface area contributed by atoms with Crippen LogP contribution in [0.5, 0.6) is 0 Å². The Morgan fingerprint density at radius 3 is 2.72 bits per heavy atom. The molecule has 0 aromatic heterocycles. The highest BCUT2D eigenvalue weighted by Gasteiger charge is 2.16. The van der Waals surface area contributed by atoms with Gasteiger partial charge in [-0.1, -0.05) is 24.3 Å². The van der Waals surface area contributed by atoms with Gasteiger partial charge in [-0.25, -0.2) is 0 Å². The van der Waals surface area contributed by atoms with Crippen molar-refractivity contribution >= 4 is 5.91 Å². The van der Waals surface area contributed by atoms with Crippen LogP contribution in [0.25, 0.3) is 0 Å². The molecule has 1 aliphatic rings. The number of rotatable bonds is 5. The summed E-state index contributed by atoms with van der Waals surface area (Å²) in [4.78, 5) is 13.7. The van der Waals surface area contributed by atoms with E-state index in [0.717, 1.165) is 37.1 Å². The lowest BCUT2D eigenvalue weighted by molar-refractivity contribution is -0.129. The zero-order valence-electron chi connectivity index (χ0n) is 10.6. The molecule has 2 rings (SSSR count). The van der Waals surface area contributed by atoms with Crippen LogP contribution in [-0.4, -0.2) is 35.5 Å². The highest BCUT2D eigenvalue weighted by atomic mass is 16.3. The Hall–Kier alpha value is -1.39. The van der Waals surface area contributed by atoms with Gasteiger partial charge >= 0.3 is 0 Å². The van der Waals surface area contributed by atoms with E-state index in [1.807, 2.05) is 29.2 Å². The first-order chi connectivity index (χ1) is 8.79. The van der Waals surface area contributed by atoms with Crippen LogP contribution in [0, 0.1) is 0 Å². The first-order valence-corrected chi connectivity index (χ1v) is 6.47. The maximum Gasteiger partial charge on any atom is 0.236 e. The number of nitrogens with one attached hydrogen (secondary N) is 1. The molecule has 18 heavy (non-hydrogen) atoms. The van der Waals surface area contributed by atoms with Crippen molar-refractivity contribution in [3.63, 3.8) is 0 Å². The van der Waals surface area contributed by atoms with E-state index in [0.29, 0.717) is 13.1 Å². The first kappa shape index (κ1) is 13.1. The van der Waals surface area contributed by atoms with Crippen molar-refractivity contribution in [2.24, 2.45) is 0 Å². The summed E-state index contributed by atoms with van der Waals surface area (Å²) < 4.78 is 0. The molecule has 1 aromatic rings. The zero-order valence-corrected chi connectivity index (χ0v) is 10.6. The minimum atomic E-state index is 0.0561. The second-order valence-electron chi connectivity index (χ2n) is 4.67. The van der Waals surface area contributed by atoms with E-state index >= 15 is 0 Å². The summed E-state index contributed by atoms with van der Waals surface area (Å²) in [6.45, 7) is 2.92. The van der Waals surface area contributed by atoms with E-state index < -0.39 is 0 Å². The molecule has 4 heteroatoms. The number of hydrogen-bond donors (Lipinski definition) is 2. The molecular weight excluding hydrogens is 228 g/mol. The Bertz CT molecular complexity index is 401. The van der Waals surface area contributed by atoms with E-state index in [1.165, 1.54) is 0 Å². The van der Waals surface area contributed by atoms with Crippen molar-refractivity contribution < 1.29 is 9.90 Å². The monoisotopic (exact) mass is 248 g/mol. The van der Waals surface area contributed by atoms with Gasteiger partial charge in [0.25, 0.3) is 0 Å². The zero-order chi connectivity index (χ0) is 12.8. The third kappa shape index (κ3) is 3.55. The number of carbonyl (C=O) groups is 1. The molecule has 0 spiro atoms. The number of carbonyl (C=O) groups excluding carboxylic acids is 1. The number of aliphatic hydroxyl groups is 1. The maximum absolute atomic E-state index is 11.8. The summed E-state index contributed by atoms with van der Waals surface area (Å²) in [6.07, 6.45) is 2.26. The average Bonchev–Trinajstić information content (AvgIpc) is 2.93. The number of benzene rings is 1. The fourth-order valence-electron chi connectivity index (χ4n) is 2.23. The molecule has 0 saturated carbocycles. The van der Waals surface area contributed by atoms with Gasteiger partial charge in [0.2, 0.25) is 5.91 Å². The molecule has 1 heterocycles. The molecule has 0 atom stereocenters. The number of nitrogens with zero attached hydrogens (tertiary/aromatic N) is 1. The van der Waals surface area contributed by atoms with Crippen LogP contribution in [0.2, 0.25) is 0 Å². The van der Waals surface area contributed by atoms with Gasteiger partial charge in [-0.05, 0) is 24.0 Å². The van der Waals surface area contributed by atoms with Crippen molar-refractivity contribution in [1.82, 2.24) is 10.2 Å². The van der Waals surface area contributed by atoms with Gasteiger partial charge in [0, 0.05) is 19.6 Å². The lowest BCUT2D eigenvalue weighted by Crippen LogP contribution is -2.35. The summed E-state index contributed by atoms with van der Waals surface area (Å²) in [5, 5.41) is 12.2. The van der Waals surface area contributed by atoms with Crippen LogP contribution in [0.3, 0.4) is 0 Å². The van der Waals surface area contributed by atoms with E-state index in [4.69, 9.17) is 5.11 Å². The van der Waals surface area contributed by atoms with Crippen molar-refractivity contribution in [3.05, 3.63) is 35.4 Å². The Morgan fingerprint density at radius 2 is 2.00 bits per heavy atom. The van der Waals surface area contributed by atoms with E-state index in [9.17, 15) is 4.79 Å². The van der Waals surface area contributed by atoms with Gasteiger partial charge in [0.15, 0.2) is 0 Å². The highest BCUT2D eigenvalue weighted by Crippen LogP contribution is 2.07. The molecule has 2 N–H and O–H groups in total. The van der Waals surface area contributed by atoms with E-state index in [-0.39, 0.29) is 12.5 Å². The molecule has 98 valence electrons. The van der Waals surface area contributed by atoms with Gasteiger partial charge in [-0.15, -0.1) is 0 Å². The number of hydrogen-bond acceptors (Lipinski definition) is 3. The van der Waals surface area contributed by atoms with Gasteiger partial charge < -0.3 is 15.3 Å². The summed E-state index contributed by atoms with van der Waals surface area (Å²) in [5.41, 5.74) is 2.00. The standard InChI is InChI=1S/C14H20N2O2/c17-11-13-5-3-4-12(8-13)9-15-10-14(18)16-6-1-2-7-16/h3-5,8,15,17H,1-2,6-7,9-11H2. The van der Waals surface area contributed by atoms with Crippen LogP contribution in [-0.2, 0) is 17.9 Å². The van der Waals surface area contributed by atoms with Gasteiger partial charge in [0.1, 0.15) is 0 Å². The summed E-state index contributed by atoms with van der Waals surface area (Å²) in [7, 11) is 0. The average molecular weight is 248 g/mol. The number of amides is 1. The molecular formula is C14H20N2O2. The largest absolute Gasteiger partial charge is 0.392 e. The lowest BCUT2D eigenvalue weighted by Gasteiger charge is -2.15. The molecule has 0 aliphatic carbocycles. The minimum absolute atomic E-state index is 0.0561. The fourth-order valence-corrected chi connectivity index (χ4v) is 2.23. The molecule has 1 fully saturated rings. The van der Waals surface area contributed by atoms with Crippen LogP contribution in [0.4, 0.5) is 0 Å². The lowest BCUT2D eigenvalue weighted by atomic mass is 10.1. The molecule has 1 aromatic carbocycles. The SMILES string of the molecule is O=C(CNCc1cccc(CO)c1)N1CCCC1. The topological polar surface area (TPSA) is 52.6 Å². The van der Waals surface area contributed by atoms with Crippen LogP contribution in [0.1, 0.15) is 24.0 Å². The van der Waals surface area contributed by atoms with E-state index in [2.05, 4.69) is 5.32 Å². The van der Waals surface area contributed by atoms with E-state index in [1.54, 1.807) is 0 Å². The predicted octanol–water partition coefficient (Wildman–Crippen LogP) is 0.891. The second-order valence-corrected chi connectivity index (χ2v) is 4.67. The van der Waals surface area contributed by atoms with Crippen LogP contribution in [0.15, 0.2) is 24.3 Å². The molecule has 1 aliphatic heterocycles. The Kier molecular flexibility index (Phi) is 4.73. The summed E-state index contributed by atoms with van der Waals surface area (Å²) in [5.74, 6) is 0.186. The molecule has 1 saturated heterocycles. The van der Waals surface area contributed by atoms with Gasteiger partial charge in [0.05, 0.1) is 13.2 Å². The molecule has 0 bridgehead atoms. The molecule has 0 radical (unpaired) electrons. The Labute approximate surface area is 108 Å². The van der Waals surface area contributed by atoms with Crippen molar-refractivity contribution in [3.8, 4) is 0 Å². The smallest absolute Gasteiger partial charge is 0.236 e. The Balaban J connectivity index is 1.75. The third-order valence-corrected chi connectivity index (χ3v) is 3.24. The molecule has 0 unspecified atom stereocenters. The predicted molar refractivity (Wildman–Crippen MR) is 69.9 cm³/mol. The number of likely N-dealkylation sites (tertiary alicyclic amines) is 1. The molecule has 1 amide bonds. The normalized spacial score (nSPS) is 15.1. The quantitative estimate of drug-likeness (QED) is 0.813. The van der Waals surface area contributed by atoms with Gasteiger partial charge in [-0.3, -0.25) is 4.79 Å². The summed E-state index contributed by atoms with van der Waals surface area (Å²) >= 11 is 0. The maximum atomic E-state index is 11.8. The van der Waals surface area contributed by atoms with Crippen molar-refractivity contribution in [2.75, 3.05) is 19.6 Å². The number of aliphatic hydroxyl groups excluding tert-OH is 1. The van der Waals surface area contributed by atoms with Crippen LogP contribution >= 0.6 is 0 Å². The van der Waals surface area contributed by atoms with Crippen molar-refractivity contribution in [1.29, 1.82) is 0 Å². The second kappa shape index (κ2) is 6.52. The fraction of sp³-hybridized carbons (Fsp3) is 0.500. The minimum Gasteiger partial charge on any atom is -0.392 e. The highest BCUT2D eigenvalue weighted by molar-refractivity contribution is 5.78. The third-order valence-electron chi connectivity index (χ3n) is 3.24. The Morgan fingerprint density at radius 1 is 1.28 bits per heavy atom. The first-order valence-electron chi connectivity index (χ1n) is 6.47. The van der Waals surface area contributed by atoms with Crippen LogP contribution < -0.4 is 5.32 Å². The van der Waals surface area contributed by atoms with Crippen molar-refractivity contribution in [2.45, 2.75) is 26.0 Å².